The quantitative estimate of drug-likeness (QED) is 0.579. The Kier molecular flexibility index (Phi) is 8.43. The van der Waals surface area contributed by atoms with Gasteiger partial charge in [-0.1, -0.05) is 19.1 Å². The molecule has 2 amide bonds. The Labute approximate surface area is 213 Å². The normalized spacial score (nSPS) is 19.8. The van der Waals surface area contributed by atoms with E-state index in [1.54, 1.807) is 6.20 Å². The first kappa shape index (κ1) is 25.5. The molecule has 1 fully saturated rings. The van der Waals surface area contributed by atoms with Gasteiger partial charge in [-0.15, -0.1) is 0 Å². The van der Waals surface area contributed by atoms with Crippen LogP contribution in [-0.2, 0) is 0 Å². The summed E-state index contributed by atoms with van der Waals surface area (Å²) in [7, 11) is 0. The average Bonchev–Trinajstić information content (AvgIpc) is 2.87. The molecule has 1 aromatic carbocycles. The molecule has 36 heavy (non-hydrogen) atoms. The highest BCUT2D eigenvalue weighted by atomic mass is 16.5. The van der Waals surface area contributed by atoms with E-state index in [9.17, 15) is 4.79 Å². The third-order valence-corrected chi connectivity index (χ3v) is 6.21. The Hall–Kier alpha value is -3.59. The number of hydrogen-bond donors (Lipinski definition) is 2. The SMILES string of the molecule is CCC1C=CC(COc2cccnc2N2CCN(C(=O)Nc3cccc(OC(C)C)c3)CC2)=NC1N. The topological polar surface area (TPSA) is 105 Å². The number of rotatable bonds is 8. The van der Waals surface area contributed by atoms with E-state index in [-0.39, 0.29) is 24.2 Å². The molecular weight excluding hydrogens is 456 g/mol. The van der Waals surface area contributed by atoms with E-state index in [0.717, 1.165) is 23.7 Å². The smallest absolute Gasteiger partial charge is 0.321 e. The minimum Gasteiger partial charge on any atom is -0.491 e. The van der Waals surface area contributed by atoms with Crippen molar-refractivity contribution in [1.29, 1.82) is 0 Å². The first-order valence-electron chi connectivity index (χ1n) is 12.6. The number of dihydropyridines is 1. The lowest BCUT2D eigenvalue weighted by Gasteiger charge is -2.35. The van der Waals surface area contributed by atoms with Crippen molar-refractivity contribution >= 4 is 23.2 Å². The number of nitrogens with zero attached hydrogens (tertiary/aromatic N) is 4. The Balaban J connectivity index is 1.32. The van der Waals surface area contributed by atoms with Gasteiger partial charge in [-0.25, -0.2) is 9.78 Å². The summed E-state index contributed by atoms with van der Waals surface area (Å²) in [5.74, 6) is 2.47. The number of pyridine rings is 1. The molecule has 0 bridgehead atoms. The van der Waals surface area contributed by atoms with Crippen molar-refractivity contribution in [3.63, 3.8) is 0 Å². The minimum absolute atomic E-state index is 0.0719. The van der Waals surface area contributed by atoms with Crippen LogP contribution < -0.4 is 25.4 Å². The molecule has 9 heteroatoms. The highest BCUT2D eigenvalue weighted by Crippen LogP contribution is 2.27. The lowest BCUT2D eigenvalue weighted by molar-refractivity contribution is 0.208. The van der Waals surface area contributed by atoms with E-state index in [2.05, 4.69) is 33.2 Å². The number of carbonyl (C=O) groups excluding carboxylic acids is 1. The highest BCUT2D eigenvalue weighted by Gasteiger charge is 2.24. The zero-order chi connectivity index (χ0) is 25.5. The highest BCUT2D eigenvalue weighted by molar-refractivity contribution is 5.97. The van der Waals surface area contributed by atoms with Crippen molar-refractivity contribution in [1.82, 2.24) is 9.88 Å². The van der Waals surface area contributed by atoms with Crippen molar-refractivity contribution in [3.8, 4) is 11.5 Å². The Morgan fingerprint density at radius 3 is 2.72 bits per heavy atom. The van der Waals surface area contributed by atoms with Crippen LogP contribution in [-0.4, -0.2) is 66.7 Å². The Morgan fingerprint density at radius 2 is 2.00 bits per heavy atom. The molecule has 0 aliphatic carbocycles. The molecule has 1 saturated heterocycles. The fourth-order valence-corrected chi connectivity index (χ4v) is 4.27. The maximum Gasteiger partial charge on any atom is 0.321 e. The zero-order valence-electron chi connectivity index (χ0n) is 21.3. The number of hydrogen-bond acceptors (Lipinski definition) is 7. The minimum atomic E-state index is -0.226. The number of benzene rings is 1. The first-order valence-corrected chi connectivity index (χ1v) is 12.6. The van der Waals surface area contributed by atoms with Gasteiger partial charge in [0.2, 0.25) is 0 Å². The predicted octanol–water partition coefficient (Wildman–Crippen LogP) is 3.92. The molecule has 2 aromatic rings. The van der Waals surface area contributed by atoms with Gasteiger partial charge >= 0.3 is 6.03 Å². The summed E-state index contributed by atoms with van der Waals surface area (Å²) in [6.45, 7) is 8.85. The molecule has 2 atom stereocenters. The van der Waals surface area contributed by atoms with Crippen molar-refractivity contribution in [2.24, 2.45) is 16.6 Å². The second-order valence-electron chi connectivity index (χ2n) is 9.25. The lowest BCUT2D eigenvalue weighted by Crippen LogP contribution is -2.50. The van der Waals surface area contributed by atoms with Gasteiger partial charge in [0.05, 0.1) is 11.8 Å². The number of amides is 2. The third kappa shape index (κ3) is 6.54. The predicted molar refractivity (Wildman–Crippen MR) is 143 cm³/mol. The van der Waals surface area contributed by atoms with Crippen LogP contribution >= 0.6 is 0 Å². The molecule has 3 heterocycles. The summed E-state index contributed by atoms with van der Waals surface area (Å²) in [5.41, 5.74) is 7.69. The van der Waals surface area contributed by atoms with Crippen LogP contribution in [0.25, 0.3) is 0 Å². The number of nitrogens with one attached hydrogen (secondary N) is 1. The van der Waals surface area contributed by atoms with Gasteiger partial charge in [-0.05, 0) is 50.6 Å². The van der Waals surface area contributed by atoms with Crippen LogP contribution in [0.1, 0.15) is 27.2 Å². The van der Waals surface area contributed by atoms with E-state index in [0.29, 0.717) is 44.2 Å². The number of anilines is 2. The van der Waals surface area contributed by atoms with Crippen molar-refractivity contribution in [3.05, 3.63) is 54.7 Å². The van der Waals surface area contributed by atoms with Crippen LogP contribution in [0.15, 0.2) is 59.7 Å². The van der Waals surface area contributed by atoms with Gasteiger partial charge in [0.15, 0.2) is 11.6 Å². The monoisotopic (exact) mass is 492 g/mol. The molecule has 0 radical (unpaired) electrons. The molecule has 3 N–H and O–H groups in total. The maximum absolute atomic E-state index is 12.8. The van der Waals surface area contributed by atoms with Crippen LogP contribution in [0.5, 0.6) is 11.5 Å². The maximum atomic E-state index is 12.8. The third-order valence-electron chi connectivity index (χ3n) is 6.21. The summed E-state index contributed by atoms with van der Waals surface area (Å²) in [6.07, 6.45) is 6.67. The fraction of sp³-hybridized carbons (Fsp3) is 0.444. The zero-order valence-corrected chi connectivity index (χ0v) is 21.3. The summed E-state index contributed by atoms with van der Waals surface area (Å²) in [6, 6.07) is 11.1. The van der Waals surface area contributed by atoms with Crippen molar-refractivity contribution in [2.75, 3.05) is 43.0 Å². The molecule has 0 saturated carbocycles. The van der Waals surface area contributed by atoms with Crippen LogP contribution in [0, 0.1) is 5.92 Å². The summed E-state index contributed by atoms with van der Waals surface area (Å²) >= 11 is 0. The number of aliphatic imine (C=N–C) groups is 1. The van der Waals surface area contributed by atoms with E-state index in [4.69, 9.17) is 15.2 Å². The first-order chi connectivity index (χ1) is 17.4. The van der Waals surface area contributed by atoms with Gasteiger partial charge in [0.25, 0.3) is 0 Å². The lowest BCUT2D eigenvalue weighted by atomic mass is 10.00. The van der Waals surface area contributed by atoms with Crippen molar-refractivity contribution in [2.45, 2.75) is 39.5 Å². The number of urea groups is 1. The summed E-state index contributed by atoms with van der Waals surface area (Å²) in [5, 5.41) is 2.98. The van der Waals surface area contributed by atoms with Gasteiger partial charge in [0.1, 0.15) is 18.5 Å². The van der Waals surface area contributed by atoms with Crippen molar-refractivity contribution < 1.29 is 14.3 Å². The van der Waals surface area contributed by atoms with Crippen LogP contribution in [0.4, 0.5) is 16.3 Å². The van der Waals surface area contributed by atoms with Gasteiger partial charge < -0.3 is 30.3 Å². The molecule has 192 valence electrons. The summed E-state index contributed by atoms with van der Waals surface area (Å²) < 4.78 is 11.8. The van der Waals surface area contributed by atoms with E-state index < -0.39 is 0 Å². The van der Waals surface area contributed by atoms with Gasteiger partial charge in [0, 0.05) is 50.0 Å². The van der Waals surface area contributed by atoms with Crippen LogP contribution in [0.3, 0.4) is 0 Å². The number of aromatic nitrogens is 1. The summed E-state index contributed by atoms with van der Waals surface area (Å²) in [4.78, 5) is 25.9. The Morgan fingerprint density at radius 1 is 1.19 bits per heavy atom. The molecular formula is C27H36N6O3. The molecule has 2 aliphatic rings. The largest absolute Gasteiger partial charge is 0.491 e. The molecule has 1 aromatic heterocycles. The molecule has 9 nitrogen and oxygen atoms in total. The number of piperazine rings is 1. The average molecular weight is 493 g/mol. The van der Waals surface area contributed by atoms with Crippen LogP contribution in [0.2, 0.25) is 0 Å². The molecule has 4 rings (SSSR count). The second kappa shape index (κ2) is 11.9. The standard InChI is InChI=1S/C27H36N6O3/c1-4-20-10-11-22(30-25(20)28)18-35-24-9-6-12-29-26(24)32-13-15-33(16-14-32)27(34)31-21-7-5-8-23(17-21)36-19(2)3/h5-12,17,19-20,25H,4,13-16,18,28H2,1-3H3,(H,31,34). The molecule has 2 aliphatic heterocycles. The fourth-order valence-electron chi connectivity index (χ4n) is 4.27. The molecule has 2 unspecified atom stereocenters. The van der Waals surface area contributed by atoms with Gasteiger partial charge in [-0.2, -0.15) is 0 Å². The van der Waals surface area contributed by atoms with Gasteiger partial charge in [-0.3, -0.25) is 4.99 Å². The number of nitrogens with two attached hydrogens (primary N) is 1. The number of carbonyl (C=O) groups is 1. The van der Waals surface area contributed by atoms with E-state index >= 15 is 0 Å². The second-order valence-corrected chi connectivity index (χ2v) is 9.25. The van der Waals surface area contributed by atoms with E-state index in [1.165, 1.54) is 0 Å². The molecule has 0 spiro atoms. The number of ether oxygens (including phenoxy) is 2. The van der Waals surface area contributed by atoms with E-state index in [1.807, 2.05) is 61.2 Å². The Bertz CT molecular complexity index is 1090.